The van der Waals surface area contributed by atoms with Crippen LogP contribution in [0.4, 0.5) is 36.2 Å². The highest BCUT2D eigenvalue weighted by Crippen LogP contribution is 2.42. The number of hydrogen-bond donors (Lipinski definition) is 1. The summed E-state index contributed by atoms with van der Waals surface area (Å²) in [6.45, 7) is 4.30. The maximum Gasteiger partial charge on any atom is 0.498 e. The van der Waals surface area contributed by atoms with E-state index in [2.05, 4.69) is 15.2 Å². The van der Waals surface area contributed by atoms with E-state index in [-0.39, 0.29) is 28.0 Å². The summed E-state index contributed by atoms with van der Waals surface area (Å²) in [7, 11) is -2.78. The largest absolute Gasteiger partial charge is 0.498 e. The lowest BCUT2D eigenvalue weighted by Crippen LogP contribution is -2.37. The van der Waals surface area contributed by atoms with Gasteiger partial charge < -0.3 is 9.47 Å². The summed E-state index contributed by atoms with van der Waals surface area (Å²) in [5.74, 6) is -0.252. The number of anilines is 2. The molecule has 0 saturated carbocycles. The normalized spacial score (nSPS) is 11.6. The van der Waals surface area contributed by atoms with Crippen LogP contribution in [0.2, 0.25) is 5.02 Å². The number of hydrogen-bond acceptors (Lipinski definition) is 8. The highest BCUT2D eigenvalue weighted by Gasteiger charge is 2.42. The Morgan fingerprint density at radius 2 is 1.78 bits per heavy atom. The molecule has 2 aromatic rings. The molecule has 0 spiro atoms. The molecule has 0 aliphatic carbocycles. The van der Waals surface area contributed by atoms with Crippen molar-refractivity contribution in [1.82, 2.24) is 9.55 Å². The van der Waals surface area contributed by atoms with Gasteiger partial charge in [-0.15, -0.1) is 23.4 Å². The van der Waals surface area contributed by atoms with Gasteiger partial charge in [0.2, 0.25) is 10.9 Å². The Morgan fingerprint density at radius 1 is 1.16 bits per heavy atom. The standard InChI is InChI=1S/C17H16ClF3N8O2S/c1-4-28(5-2)13-7-14(29(32(30)31)17(19,20)21)11(6-10(13)18)25-26-16-24-12(8-22)15(9-23)27(16)3/h6-7,32H,4-5H2,1-3H3. The number of rotatable bonds is 7. The molecule has 0 fully saturated rings. The Morgan fingerprint density at radius 3 is 2.22 bits per heavy atom. The molecule has 0 radical (unpaired) electrons. The number of nitriles is 2. The monoisotopic (exact) mass is 488 g/mol. The van der Waals surface area contributed by atoms with Gasteiger partial charge in [-0.3, -0.25) is 0 Å². The van der Waals surface area contributed by atoms with Gasteiger partial charge in [0.1, 0.15) is 17.8 Å². The minimum Gasteiger partial charge on any atom is -0.371 e. The van der Waals surface area contributed by atoms with Crippen LogP contribution in [0.1, 0.15) is 25.2 Å². The number of halogens is 4. The van der Waals surface area contributed by atoms with E-state index < -0.39 is 32.9 Å². The number of aromatic nitrogens is 2. The van der Waals surface area contributed by atoms with Gasteiger partial charge in [-0.05, 0) is 26.0 Å². The van der Waals surface area contributed by atoms with E-state index in [1.807, 2.05) is 0 Å². The van der Waals surface area contributed by atoms with Gasteiger partial charge in [-0.25, -0.2) is 8.42 Å². The lowest BCUT2D eigenvalue weighted by molar-refractivity contribution is -0.115. The van der Waals surface area contributed by atoms with Crippen LogP contribution >= 0.6 is 11.6 Å². The van der Waals surface area contributed by atoms with Crippen molar-refractivity contribution in [1.29, 1.82) is 10.5 Å². The summed E-state index contributed by atoms with van der Waals surface area (Å²) in [5, 5.41) is 25.6. The number of nitrogens with zero attached hydrogens (tertiary/aromatic N) is 8. The van der Waals surface area contributed by atoms with E-state index in [4.69, 9.17) is 22.1 Å². The van der Waals surface area contributed by atoms with Gasteiger partial charge in [0.05, 0.1) is 16.4 Å². The molecule has 0 saturated heterocycles. The lowest BCUT2D eigenvalue weighted by Gasteiger charge is -2.26. The molecular formula is C17H16ClF3N8O2S. The number of azo groups is 1. The molecule has 0 aliphatic heterocycles. The number of benzene rings is 1. The fourth-order valence-corrected chi connectivity index (χ4v) is 3.59. The van der Waals surface area contributed by atoms with Crippen LogP contribution in [-0.4, -0.2) is 37.4 Å². The summed E-state index contributed by atoms with van der Waals surface area (Å²) < 4.78 is 64.0. The highest BCUT2D eigenvalue weighted by molar-refractivity contribution is 7.74. The van der Waals surface area contributed by atoms with Crippen LogP contribution in [0.5, 0.6) is 0 Å². The summed E-state index contributed by atoms with van der Waals surface area (Å²) in [6, 6.07) is 5.45. The second kappa shape index (κ2) is 9.84. The average Bonchev–Trinajstić information content (AvgIpc) is 3.03. The van der Waals surface area contributed by atoms with Gasteiger partial charge in [-0.2, -0.15) is 19.8 Å². The highest BCUT2D eigenvalue weighted by atomic mass is 35.5. The van der Waals surface area contributed by atoms with Crippen LogP contribution in [0.15, 0.2) is 22.4 Å². The molecule has 10 nitrogen and oxygen atoms in total. The quantitative estimate of drug-likeness (QED) is 0.357. The summed E-state index contributed by atoms with van der Waals surface area (Å²) in [5.41, 5.74) is -1.54. The smallest absolute Gasteiger partial charge is 0.371 e. The minimum atomic E-state index is -5.28. The first-order chi connectivity index (χ1) is 15.0. The van der Waals surface area contributed by atoms with Crippen molar-refractivity contribution >= 4 is 45.5 Å². The van der Waals surface area contributed by atoms with Crippen molar-refractivity contribution in [3.63, 3.8) is 0 Å². The molecule has 0 amide bonds. The first kappa shape index (κ1) is 24.9. The number of thiol groups is 1. The van der Waals surface area contributed by atoms with Gasteiger partial charge >= 0.3 is 6.30 Å². The Bertz CT molecular complexity index is 1200. The molecule has 0 aliphatic rings. The summed E-state index contributed by atoms with van der Waals surface area (Å²) in [6.07, 6.45) is -5.28. The Balaban J connectivity index is 2.76. The maximum atomic E-state index is 13.5. The van der Waals surface area contributed by atoms with Crippen LogP contribution in [0, 0.1) is 22.7 Å². The second-order valence-corrected chi connectivity index (χ2v) is 7.36. The van der Waals surface area contributed by atoms with Crippen LogP contribution in [0.3, 0.4) is 0 Å². The molecule has 15 heteroatoms. The van der Waals surface area contributed by atoms with Crippen molar-refractivity contribution in [3.05, 3.63) is 28.5 Å². The third kappa shape index (κ3) is 4.92. The minimum absolute atomic E-state index is 0.0184. The van der Waals surface area contributed by atoms with E-state index in [1.165, 1.54) is 7.05 Å². The summed E-state index contributed by atoms with van der Waals surface area (Å²) >= 11 is 6.24. The Kier molecular flexibility index (Phi) is 7.66. The van der Waals surface area contributed by atoms with Crippen molar-refractivity contribution in [2.45, 2.75) is 20.1 Å². The first-order valence-corrected chi connectivity index (χ1v) is 10.4. The van der Waals surface area contributed by atoms with Crippen molar-refractivity contribution in [2.75, 3.05) is 22.3 Å². The molecule has 0 N–H and O–H groups in total. The van der Waals surface area contributed by atoms with E-state index in [0.29, 0.717) is 13.1 Å². The third-order valence-corrected chi connectivity index (χ3v) is 5.38. The van der Waals surface area contributed by atoms with Crippen LogP contribution in [0.25, 0.3) is 0 Å². The van der Waals surface area contributed by atoms with E-state index in [9.17, 15) is 21.6 Å². The summed E-state index contributed by atoms with van der Waals surface area (Å²) in [4.78, 5) is 5.42. The fraction of sp³-hybridized carbons (Fsp3) is 0.353. The van der Waals surface area contributed by atoms with Gasteiger partial charge in [0.15, 0.2) is 11.4 Å². The molecule has 32 heavy (non-hydrogen) atoms. The first-order valence-electron chi connectivity index (χ1n) is 8.88. The zero-order valence-electron chi connectivity index (χ0n) is 16.9. The molecule has 1 heterocycles. The second-order valence-electron chi connectivity index (χ2n) is 6.07. The molecule has 0 bridgehead atoms. The molecule has 2 rings (SSSR count). The van der Waals surface area contributed by atoms with Crippen LogP contribution < -0.4 is 9.21 Å². The molecule has 1 aromatic heterocycles. The molecule has 1 aromatic carbocycles. The molecule has 0 atom stereocenters. The van der Waals surface area contributed by atoms with Gasteiger partial charge in [0.25, 0.3) is 5.95 Å². The number of alkyl halides is 3. The Labute approximate surface area is 187 Å². The fourth-order valence-electron chi connectivity index (χ4n) is 2.79. The molecule has 0 unspecified atom stereocenters. The Hall–Kier alpha value is -3.36. The zero-order chi connectivity index (χ0) is 24.2. The predicted molar refractivity (Wildman–Crippen MR) is 111 cm³/mol. The van der Waals surface area contributed by atoms with Crippen LogP contribution in [-0.2, 0) is 17.9 Å². The average molecular weight is 489 g/mol. The van der Waals surface area contributed by atoms with E-state index >= 15 is 0 Å². The van der Waals surface area contributed by atoms with Gasteiger partial charge in [0, 0.05) is 20.1 Å². The van der Waals surface area contributed by atoms with Gasteiger partial charge in [-0.1, -0.05) is 11.6 Å². The van der Waals surface area contributed by atoms with Crippen molar-refractivity contribution < 1.29 is 21.6 Å². The topological polar surface area (TPSA) is 131 Å². The predicted octanol–water partition coefficient (Wildman–Crippen LogP) is 3.93. The maximum absolute atomic E-state index is 13.5. The van der Waals surface area contributed by atoms with E-state index in [1.54, 1.807) is 30.9 Å². The lowest BCUT2D eigenvalue weighted by atomic mass is 10.2. The third-order valence-electron chi connectivity index (χ3n) is 4.31. The zero-order valence-corrected chi connectivity index (χ0v) is 18.6. The van der Waals surface area contributed by atoms with Crippen molar-refractivity contribution in [2.24, 2.45) is 17.3 Å². The van der Waals surface area contributed by atoms with E-state index in [0.717, 1.165) is 16.7 Å². The molecule has 170 valence electrons. The molecular weight excluding hydrogens is 473 g/mol. The SMILES string of the molecule is CCN(CC)c1cc(N([SH](=O)=O)C(F)(F)F)c(N=Nc2nc(C#N)c(C#N)n2C)cc1Cl. The van der Waals surface area contributed by atoms with Crippen molar-refractivity contribution in [3.8, 4) is 12.1 Å². The number of imidazole rings is 1.